The average molecular weight is 283 g/mol. The summed E-state index contributed by atoms with van der Waals surface area (Å²) in [7, 11) is 0. The van der Waals surface area contributed by atoms with Crippen molar-refractivity contribution in [3.05, 3.63) is 27.7 Å². The van der Waals surface area contributed by atoms with Gasteiger partial charge >= 0.3 is 0 Å². The fourth-order valence-corrected chi connectivity index (χ4v) is 2.49. The summed E-state index contributed by atoms with van der Waals surface area (Å²) in [6.45, 7) is 3.63. The zero-order chi connectivity index (χ0) is 11.7. The van der Waals surface area contributed by atoms with Gasteiger partial charge in [0.2, 0.25) is 0 Å². The highest BCUT2D eigenvalue weighted by Crippen LogP contribution is 2.25. The second-order valence-electron chi connectivity index (χ2n) is 4.17. The van der Waals surface area contributed by atoms with E-state index in [0.29, 0.717) is 11.3 Å². The molecule has 1 fully saturated rings. The maximum absolute atomic E-state index is 12.2. The van der Waals surface area contributed by atoms with E-state index in [-0.39, 0.29) is 5.91 Å². The Morgan fingerprint density at radius 1 is 1.38 bits per heavy atom. The first kappa shape index (κ1) is 11.5. The lowest BCUT2D eigenvalue weighted by molar-refractivity contribution is 0.0792. The van der Waals surface area contributed by atoms with E-state index < -0.39 is 0 Å². The van der Waals surface area contributed by atoms with Crippen molar-refractivity contribution in [1.29, 1.82) is 0 Å². The minimum absolute atomic E-state index is 0.100. The molecule has 0 saturated carbocycles. The lowest BCUT2D eigenvalue weighted by Gasteiger charge is -2.17. The van der Waals surface area contributed by atoms with Crippen LogP contribution in [0.3, 0.4) is 0 Å². The Balaban J connectivity index is 2.35. The van der Waals surface area contributed by atoms with Crippen LogP contribution in [0.25, 0.3) is 0 Å². The molecule has 1 aromatic rings. The molecular formula is C12H15BrN2O. The third kappa shape index (κ3) is 2.07. The van der Waals surface area contributed by atoms with Gasteiger partial charge in [-0.15, -0.1) is 0 Å². The van der Waals surface area contributed by atoms with Gasteiger partial charge in [0.15, 0.2) is 0 Å². The SMILES string of the molecule is Cc1c(N)cc(Br)cc1C(=O)N1CCCC1. The maximum atomic E-state index is 12.2. The molecule has 0 spiro atoms. The van der Waals surface area contributed by atoms with Gasteiger partial charge in [-0.2, -0.15) is 0 Å². The molecule has 1 aromatic carbocycles. The molecule has 1 amide bonds. The van der Waals surface area contributed by atoms with Gasteiger partial charge in [-0.1, -0.05) is 15.9 Å². The molecule has 4 heteroatoms. The van der Waals surface area contributed by atoms with E-state index in [1.54, 1.807) is 0 Å². The van der Waals surface area contributed by atoms with Gasteiger partial charge in [-0.25, -0.2) is 0 Å². The number of amides is 1. The van der Waals surface area contributed by atoms with E-state index in [1.807, 2.05) is 24.0 Å². The van der Waals surface area contributed by atoms with Crippen molar-refractivity contribution in [2.75, 3.05) is 18.8 Å². The first-order valence-corrected chi connectivity index (χ1v) is 6.24. The lowest BCUT2D eigenvalue weighted by atomic mass is 10.1. The van der Waals surface area contributed by atoms with Gasteiger partial charge in [0.1, 0.15) is 0 Å². The van der Waals surface area contributed by atoms with E-state index in [4.69, 9.17) is 5.73 Å². The molecule has 1 heterocycles. The highest BCUT2D eigenvalue weighted by atomic mass is 79.9. The number of carbonyl (C=O) groups is 1. The van der Waals surface area contributed by atoms with Crippen molar-refractivity contribution in [3.63, 3.8) is 0 Å². The molecule has 0 unspecified atom stereocenters. The average Bonchev–Trinajstić information content (AvgIpc) is 2.75. The Bertz CT molecular complexity index is 425. The molecule has 0 bridgehead atoms. The minimum atomic E-state index is 0.100. The second kappa shape index (κ2) is 4.45. The fourth-order valence-electron chi connectivity index (χ4n) is 2.01. The Morgan fingerprint density at radius 3 is 2.62 bits per heavy atom. The summed E-state index contributed by atoms with van der Waals surface area (Å²) in [4.78, 5) is 14.1. The number of anilines is 1. The molecule has 0 aliphatic carbocycles. The number of hydrogen-bond acceptors (Lipinski definition) is 2. The Morgan fingerprint density at radius 2 is 2.00 bits per heavy atom. The molecule has 1 aliphatic heterocycles. The molecular weight excluding hydrogens is 268 g/mol. The maximum Gasteiger partial charge on any atom is 0.254 e. The number of nitrogens with zero attached hydrogens (tertiary/aromatic N) is 1. The monoisotopic (exact) mass is 282 g/mol. The van der Waals surface area contributed by atoms with Crippen molar-refractivity contribution in [1.82, 2.24) is 4.90 Å². The third-order valence-corrected chi connectivity index (χ3v) is 3.49. The quantitative estimate of drug-likeness (QED) is 0.805. The molecule has 1 aliphatic rings. The first-order chi connectivity index (χ1) is 7.59. The highest BCUT2D eigenvalue weighted by Gasteiger charge is 2.21. The van der Waals surface area contributed by atoms with E-state index in [1.165, 1.54) is 0 Å². The highest BCUT2D eigenvalue weighted by molar-refractivity contribution is 9.10. The third-order valence-electron chi connectivity index (χ3n) is 3.04. The predicted octanol–water partition coefficient (Wildman–Crippen LogP) is 2.58. The van der Waals surface area contributed by atoms with Crippen LogP contribution in [0, 0.1) is 6.92 Å². The van der Waals surface area contributed by atoms with E-state index in [2.05, 4.69) is 15.9 Å². The summed E-state index contributed by atoms with van der Waals surface area (Å²) in [5.41, 5.74) is 8.11. The smallest absolute Gasteiger partial charge is 0.254 e. The number of nitrogen functional groups attached to an aromatic ring is 1. The number of likely N-dealkylation sites (tertiary alicyclic amines) is 1. The first-order valence-electron chi connectivity index (χ1n) is 5.44. The Kier molecular flexibility index (Phi) is 3.19. The number of carbonyl (C=O) groups excluding carboxylic acids is 1. The van der Waals surface area contributed by atoms with Crippen LogP contribution in [-0.4, -0.2) is 23.9 Å². The van der Waals surface area contributed by atoms with Crippen molar-refractivity contribution >= 4 is 27.5 Å². The van der Waals surface area contributed by atoms with Gasteiger partial charge < -0.3 is 10.6 Å². The molecule has 1 saturated heterocycles. The van der Waals surface area contributed by atoms with Gasteiger partial charge in [-0.3, -0.25) is 4.79 Å². The van der Waals surface area contributed by atoms with Gasteiger partial charge in [0.25, 0.3) is 5.91 Å². The summed E-state index contributed by atoms with van der Waals surface area (Å²) in [6, 6.07) is 3.68. The van der Waals surface area contributed by atoms with Crippen LogP contribution in [0.4, 0.5) is 5.69 Å². The molecule has 86 valence electrons. The van der Waals surface area contributed by atoms with Crippen molar-refractivity contribution in [2.24, 2.45) is 0 Å². The molecule has 0 atom stereocenters. The number of hydrogen-bond donors (Lipinski definition) is 1. The van der Waals surface area contributed by atoms with Crippen LogP contribution in [0.1, 0.15) is 28.8 Å². The van der Waals surface area contributed by atoms with Crippen LogP contribution in [-0.2, 0) is 0 Å². The summed E-state index contributed by atoms with van der Waals surface area (Å²) in [5, 5.41) is 0. The number of nitrogens with two attached hydrogens (primary N) is 1. The summed E-state index contributed by atoms with van der Waals surface area (Å²) in [5.74, 6) is 0.100. The van der Waals surface area contributed by atoms with Crippen LogP contribution in [0.5, 0.6) is 0 Å². The van der Waals surface area contributed by atoms with E-state index >= 15 is 0 Å². The standard InChI is InChI=1S/C12H15BrN2O/c1-8-10(6-9(13)7-11(8)14)12(16)15-4-2-3-5-15/h6-7H,2-5,14H2,1H3. The summed E-state index contributed by atoms with van der Waals surface area (Å²) in [6.07, 6.45) is 2.21. The predicted molar refractivity (Wildman–Crippen MR) is 68.4 cm³/mol. The van der Waals surface area contributed by atoms with E-state index in [0.717, 1.165) is 36.0 Å². The zero-order valence-corrected chi connectivity index (χ0v) is 10.9. The fraction of sp³-hybridized carbons (Fsp3) is 0.417. The number of rotatable bonds is 1. The number of benzene rings is 1. The van der Waals surface area contributed by atoms with Crippen LogP contribution in [0.15, 0.2) is 16.6 Å². The minimum Gasteiger partial charge on any atom is -0.398 e. The normalized spacial score (nSPS) is 15.5. The van der Waals surface area contributed by atoms with Gasteiger partial charge in [0.05, 0.1) is 0 Å². The van der Waals surface area contributed by atoms with Crippen molar-refractivity contribution in [3.8, 4) is 0 Å². The second-order valence-corrected chi connectivity index (χ2v) is 5.08. The summed E-state index contributed by atoms with van der Waals surface area (Å²) < 4.78 is 0.859. The molecule has 2 rings (SSSR count). The van der Waals surface area contributed by atoms with Gasteiger partial charge in [-0.05, 0) is 37.5 Å². The van der Waals surface area contributed by atoms with Crippen molar-refractivity contribution < 1.29 is 4.79 Å². The summed E-state index contributed by atoms with van der Waals surface area (Å²) >= 11 is 3.37. The van der Waals surface area contributed by atoms with Gasteiger partial charge in [0, 0.05) is 28.8 Å². The van der Waals surface area contributed by atoms with E-state index in [9.17, 15) is 4.79 Å². The van der Waals surface area contributed by atoms with Crippen LogP contribution >= 0.6 is 15.9 Å². The molecule has 0 aromatic heterocycles. The molecule has 3 nitrogen and oxygen atoms in total. The van der Waals surface area contributed by atoms with Crippen LogP contribution < -0.4 is 5.73 Å². The largest absolute Gasteiger partial charge is 0.398 e. The topological polar surface area (TPSA) is 46.3 Å². The lowest BCUT2D eigenvalue weighted by Crippen LogP contribution is -2.28. The molecule has 2 N–H and O–H groups in total. The molecule has 16 heavy (non-hydrogen) atoms. The number of halogens is 1. The van der Waals surface area contributed by atoms with Crippen molar-refractivity contribution in [2.45, 2.75) is 19.8 Å². The molecule has 0 radical (unpaired) electrons. The Hall–Kier alpha value is -1.03. The zero-order valence-electron chi connectivity index (χ0n) is 9.29. The van der Waals surface area contributed by atoms with Crippen LogP contribution in [0.2, 0.25) is 0 Å². The Labute approximate surface area is 104 Å².